The smallest absolute Gasteiger partial charge is 0.279 e. The third-order valence-electron chi connectivity index (χ3n) is 4.45. The average molecular weight is 467 g/mol. The highest BCUT2D eigenvalue weighted by Gasteiger charge is 2.31. The molecule has 1 N–H and O–H groups in total. The zero-order chi connectivity index (χ0) is 22.2. The Bertz CT molecular complexity index is 1320. The molecule has 0 aliphatic heterocycles. The topological polar surface area (TPSA) is 76.9 Å². The van der Waals surface area contributed by atoms with Crippen LogP contribution in [0.5, 0.6) is 0 Å². The van der Waals surface area contributed by atoms with Gasteiger partial charge in [-0.15, -0.1) is 0 Å². The number of hydrogen-bond donors (Lipinski definition) is 1. The minimum Gasteiger partial charge on any atom is -0.279 e. The normalized spacial score (nSPS) is 12.3. The van der Waals surface area contributed by atoms with Crippen molar-refractivity contribution in [3.05, 3.63) is 82.9 Å². The second-order valence-corrected chi connectivity index (χ2v) is 8.77. The number of rotatable bonds is 5. The summed E-state index contributed by atoms with van der Waals surface area (Å²) >= 11 is 5.79. The second-order valence-electron chi connectivity index (χ2n) is 6.65. The van der Waals surface area contributed by atoms with Crippen LogP contribution in [0.25, 0.3) is 11.0 Å². The van der Waals surface area contributed by atoms with Gasteiger partial charge in [-0.2, -0.15) is 28.2 Å². The van der Waals surface area contributed by atoms with E-state index in [4.69, 9.17) is 11.6 Å². The first-order chi connectivity index (χ1) is 14.6. The quantitative estimate of drug-likeness (QED) is 0.451. The number of nitrogens with zero attached hydrogens (tertiary/aromatic N) is 3. The number of sulfonamides is 1. The Labute approximate surface area is 180 Å². The second kappa shape index (κ2) is 7.86. The molecule has 6 nitrogen and oxygen atoms in total. The Morgan fingerprint density at radius 2 is 1.55 bits per heavy atom. The summed E-state index contributed by atoms with van der Waals surface area (Å²) in [4.78, 5) is 1.16. The molecule has 31 heavy (non-hydrogen) atoms. The maximum Gasteiger partial charge on any atom is 0.416 e. The Hall–Kier alpha value is -3.11. The zero-order valence-electron chi connectivity index (χ0n) is 15.6. The average Bonchev–Trinajstić information content (AvgIpc) is 3.11. The van der Waals surface area contributed by atoms with Crippen molar-refractivity contribution in [2.24, 2.45) is 0 Å². The molecule has 0 aliphatic rings. The summed E-state index contributed by atoms with van der Waals surface area (Å²) in [6, 6.07) is 15.2. The fourth-order valence-electron chi connectivity index (χ4n) is 2.93. The molecule has 3 aromatic carbocycles. The summed E-state index contributed by atoms with van der Waals surface area (Å²) in [7, 11) is -4.16. The van der Waals surface area contributed by atoms with E-state index in [9.17, 15) is 21.6 Å². The summed E-state index contributed by atoms with van der Waals surface area (Å²) in [6.07, 6.45) is -4.64. The van der Waals surface area contributed by atoms with Crippen molar-refractivity contribution in [3.63, 3.8) is 0 Å². The Balaban J connectivity index is 1.73. The van der Waals surface area contributed by atoms with Gasteiger partial charge in [0.1, 0.15) is 11.0 Å². The fraction of sp³-hybridized carbons (Fsp3) is 0.100. The summed E-state index contributed by atoms with van der Waals surface area (Å²) in [6.45, 7) is -0.0364. The summed E-state index contributed by atoms with van der Waals surface area (Å²) in [5, 5.41) is 8.88. The lowest BCUT2D eigenvalue weighted by Crippen LogP contribution is -2.17. The molecule has 0 spiro atoms. The summed E-state index contributed by atoms with van der Waals surface area (Å²) < 4.78 is 67.5. The van der Waals surface area contributed by atoms with Crippen LogP contribution in [-0.4, -0.2) is 23.4 Å². The third kappa shape index (κ3) is 4.64. The standard InChI is InChI=1S/C20H14ClF3N4O2S/c21-15-7-9-16(10-8-15)31(29,30)27-19-11-14(20(22,23)24)6-5-13(19)12-28-25-17-3-1-2-4-18(17)26-28/h1-11,27H,12H2. The van der Waals surface area contributed by atoms with Crippen LogP contribution in [0, 0.1) is 0 Å². The van der Waals surface area contributed by atoms with Gasteiger partial charge in [0.15, 0.2) is 0 Å². The minimum absolute atomic E-state index is 0.0364. The highest BCUT2D eigenvalue weighted by molar-refractivity contribution is 7.92. The van der Waals surface area contributed by atoms with Gasteiger partial charge in [-0.3, -0.25) is 4.72 Å². The van der Waals surface area contributed by atoms with Gasteiger partial charge in [-0.1, -0.05) is 29.8 Å². The van der Waals surface area contributed by atoms with Crippen LogP contribution < -0.4 is 4.72 Å². The third-order valence-corrected chi connectivity index (χ3v) is 6.08. The van der Waals surface area contributed by atoms with Gasteiger partial charge in [0, 0.05) is 5.02 Å². The summed E-state index contributed by atoms with van der Waals surface area (Å²) in [5.41, 5.74) is 0.288. The molecule has 1 aromatic heterocycles. The number of halogens is 4. The van der Waals surface area contributed by atoms with Crippen molar-refractivity contribution in [1.82, 2.24) is 15.0 Å². The van der Waals surface area contributed by atoms with Crippen molar-refractivity contribution in [1.29, 1.82) is 0 Å². The van der Waals surface area contributed by atoms with Crippen LogP contribution in [0.3, 0.4) is 0 Å². The first kappa shape index (κ1) is 21.1. The molecule has 160 valence electrons. The van der Waals surface area contributed by atoms with E-state index in [1.54, 1.807) is 24.3 Å². The lowest BCUT2D eigenvalue weighted by Gasteiger charge is -2.15. The van der Waals surface area contributed by atoms with Crippen LogP contribution in [0.4, 0.5) is 18.9 Å². The van der Waals surface area contributed by atoms with Gasteiger partial charge in [-0.25, -0.2) is 8.42 Å². The van der Waals surface area contributed by atoms with E-state index in [1.807, 2.05) is 0 Å². The number of alkyl halides is 3. The SMILES string of the molecule is O=S(=O)(Nc1cc(C(F)(F)F)ccc1Cn1nc2ccccc2n1)c1ccc(Cl)cc1. The van der Waals surface area contributed by atoms with E-state index in [0.29, 0.717) is 16.1 Å². The van der Waals surface area contributed by atoms with Crippen molar-refractivity contribution in [2.45, 2.75) is 17.6 Å². The molecule has 0 saturated carbocycles. The highest BCUT2D eigenvalue weighted by atomic mass is 35.5. The van der Waals surface area contributed by atoms with Crippen molar-refractivity contribution in [3.8, 4) is 0 Å². The largest absolute Gasteiger partial charge is 0.416 e. The molecule has 11 heteroatoms. The molecule has 0 radical (unpaired) electrons. The molecule has 0 saturated heterocycles. The van der Waals surface area contributed by atoms with E-state index in [-0.39, 0.29) is 22.7 Å². The lowest BCUT2D eigenvalue weighted by molar-refractivity contribution is -0.137. The Kier molecular flexibility index (Phi) is 5.36. The molecule has 0 fully saturated rings. The molecule has 0 bridgehead atoms. The number of hydrogen-bond acceptors (Lipinski definition) is 4. The molecule has 0 amide bonds. The van der Waals surface area contributed by atoms with E-state index in [2.05, 4.69) is 14.9 Å². The predicted octanol–water partition coefficient (Wildman–Crippen LogP) is 4.95. The van der Waals surface area contributed by atoms with Gasteiger partial charge < -0.3 is 0 Å². The number of aromatic nitrogens is 3. The molecule has 0 aliphatic carbocycles. The molecular formula is C20H14ClF3N4O2S. The first-order valence-corrected chi connectivity index (χ1v) is 10.8. The van der Waals surface area contributed by atoms with Crippen LogP contribution in [0.1, 0.15) is 11.1 Å². The van der Waals surface area contributed by atoms with E-state index < -0.39 is 21.8 Å². The summed E-state index contributed by atoms with van der Waals surface area (Å²) in [5.74, 6) is 0. The molecular weight excluding hydrogens is 453 g/mol. The van der Waals surface area contributed by atoms with Crippen LogP contribution >= 0.6 is 11.6 Å². The molecule has 1 heterocycles. The van der Waals surface area contributed by atoms with Crippen molar-refractivity contribution < 1.29 is 21.6 Å². The van der Waals surface area contributed by atoms with Crippen LogP contribution in [0.15, 0.2) is 71.6 Å². The van der Waals surface area contributed by atoms with E-state index >= 15 is 0 Å². The number of benzene rings is 3. The molecule has 0 unspecified atom stereocenters. The van der Waals surface area contributed by atoms with Crippen molar-refractivity contribution in [2.75, 3.05) is 4.72 Å². The predicted molar refractivity (Wildman–Crippen MR) is 110 cm³/mol. The maximum absolute atomic E-state index is 13.2. The number of nitrogens with one attached hydrogen (secondary N) is 1. The van der Waals surface area contributed by atoms with Crippen LogP contribution in [0.2, 0.25) is 5.02 Å². The van der Waals surface area contributed by atoms with Gasteiger partial charge in [0.2, 0.25) is 0 Å². The van der Waals surface area contributed by atoms with Crippen LogP contribution in [-0.2, 0) is 22.7 Å². The molecule has 0 atom stereocenters. The fourth-order valence-corrected chi connectivity index (χ4v) is 4.15. The van der Waals surface area contributed by atoms with Gasteiger partial charge in [0.25, 0.3) is 10.0 Å². The van der Waals surface area contributed by atoms with E-state index in [0.717, 1.165) is 12.1 Å². The molecule has 4 rings (SSSR count). The highest BCUT2D eigenvalue weighted by Crippen LogP contribution is 2.33. The zero-order valence-corrected chi connectivity index (χ0v) is 17.2. The van der Waals surface area contributed by atoms with E-state index in [1.165, 1.54) is 35.1 Å². The number of fused-ring (bicyclic) bond motifs is 1. The number of anilines is 1. The minimum atomic E-state index is -4.64. The Morgan fingerprint density at radius 1 is 0.935 bits per heavy atom. The lowest BCUT2D eigenvalue weighted by atomic mass is 10.1. The van der Waals surface area contributed by atoms with Gasteiger partial charge in [0.05, 0.1) is 22.7 Å². The molecule has 4 aromatic rings. The first-order valence-electron chi connectivity index (χ1n) is 8.90. The monoisotopic (exact) mass is 466 g/mol. The van der Waals surface area contributed by atoms with Gasteiger partial charge in [-0.05, 0) is 54.1 Å². The van der Waals surface area contributed by atoms with Gasteiger partial charge >= 0.3 is 6.18 Å². The van der Waals surface area contributed by atoms with Crippen molar-refractivity contribution >= 4 is 38.3 Å². The maximum atomic E-state index is 13.2. The Morgan fingerprint density at radius 3 is 2.13 bits per heavy atom.